The maximum absolute atomic E-state index is 13.7. The maximum atomic E-state index is 13.7. The molecule has 0 spiro atoms. The Morgan fingerprint density at radius 3 is 0.630 bits per heavy atom. The molecule has 4 atom stereocenters. The van der Waals surface area contributed by atoms with Crippen molar-refractivity contribution in [2.45, 2.75) is 183 Å². The number of hydrogen-bond acceptors (Lipinski definition) is 24. The number of aliphatic imine (C=N–C) groups is 4. The zero-order chi connectivity index (χ0) is 75.9. The lowest BCUT2D eigenvalue weighted by molar-refractivity contribution is -0.383. The van der Waals surface area contributed by atoms with E-state index in [0.29, 0.717) is 121 Å². The molecular formula is C80H92N12O16. The van der Waals surface area contributed by atoms with Gasteiger partial charge in [-0.15, -0.1) is 0 Å². The lowest BCUT2D eigenvalue weighted by Gasteiger charge is -2.25. The van der Waals surface area contributed by atoms with Crippen LogP contribution in [-0.2, 0) is 0 Å². The number of nitro benzene ring substituents is 4. The van der Waals surface area contributed by atoms with Gasteiger partial charge >= 0.3 is 0 Å². The fourth-order valence-electron chi connectivity index (χ4n) is 14.6. The molecule has 5 heterocycles. The Kier molecular flexibility index (Phi) is 23.0. The second-order valence-electron chi connectivity index (χ2n) is 27.3. The minimum atomic E-state index is -1.28. The Labute approximate surface area is 624 Å². The predicted molar refractivity (Wildman–Crippen MR) is 415 cm³/mol. The highest BCUT2D eigenvalue weighted by molar-refractivity contribution is 6.21. The Balaban J connectivity index is 1.21. The summed E-state index contributed by atoms with van der Waals surface area (Å²) in [6.45, 7) is 17.3. The van der Waals surface area contributed by atoms with E-state index in [1.165, 1.54) is 24.3 Å². The Morgan fingerprint density at radius 1 is 0.287 bits per heavy atom. The molecule has 28 heteroatoms. The van der Waals surface area contributed by atoms with Crippen LogP contribution in [0.25, 0.3) is 43.1 Å². The van der Waals surface area contributed by atoms with Crippen LogP contribution in [0.4, 0.5) is 22.7 Å². The number of hydrogen-bond donors (Lipinski definition) is 4. The average Bonchev–Trinajstić information content (AvgIpc) is 1.53. The molecule has 0 aromatic heterocycles. The van der Waals surface area contributed by atoms with Crippen molar-refractivity contribution >= 4 is 89.2 Å². The molecule has 0 radical (unpaired) electrons. The zero-order valence-electron chi connectivity index (χ0n) is 62.3. The molecule has 8 aromatic rings. The third-order valence-corrected chi connectivity index (χ3v) is 19.9. The first kappa shape index (κ1) is 74.9. The van der Waals surface area contributed by atoms with E-state index in [2.05, 4.69) is 21.3 Å². The highest BCUT2D eigenvalue weighted by Crippen LogP contribution is 2.57. The number of unbranched alkanes of at least 4 members (excludes halogenated alkanes) is 8. The van der Waals surface area contributed by atoms with Gasteiger partial charge in [0.1, 0.15) is 90.9 Å². The molecule has 8 bridgehead atoms. The summed E-state index contributed by atoms with van der Waals surface area (Å²) < 4.78 is 56.2. The molecule has 0 saturated carbocycles. The first-order chi connectivity index (χ1) is 52.7. The monoisotopic (exact) mass is 1480 g/mol. The number of nitrogens with one attached hydrogen (secondary N) is 4. The molecule has 0 saturated heterocycles. The quantitative estimate of drug-likeness (QED) is 0.0161. The van der Waals surface area contributed by atoms with E-state index >= 15 is 0 Å². The highest BCUT2D eigenvalue weighted by atomic mass is 16.6. The molecule has 4 unspecified atom stereocenters. The minimum absolute atomic E-state index is 0.111. The van der Waals surface area contributed by atoms with Gasteiger partial charge in [0.25, 0.3) is 22.7 Å². The van der Waals surface area contributed by atoms with Crippen molar-refractivity contribution in [3.05, 3.63) is 158 Å². The van der Waals surface area contributed by atoms with Gasteiger partial charge in [-0.2, -0.15) is 0 Å². The summed E-state index contributed by atoms with van der Waals surface area (Å²) in [6, 6.07) is 19.1. The van der Waals surface area contributed by atoms with Gasteiger partial charge in [-0.1, -0.05) is 131 Å². The summed E-state index contributed by atoms with van der Waals surface area (Å²) in [6.07, 6.45) is 5.07. The van der Waals surface area contributed by atoms with Crippen LogP contribution in [0.2, 0.25) is 0 Å². The van der Waals surface area contributed by atoms with Crippen molar-refractivity contribution in [2.24, 2.45) is 20.0 Å². The molecule has 0 fully saturated rings. The molecular weight excluding hydrogens is 1380 g/mol. The van der Waals surface area contributed by atoms with Crippen molar-refractivity contribution in [1.29, 1.82) is 0 Å². The van der Waals surface area contributed by atoms with Crippen LogP contribution in [0.1, 0.15) is 227 Å². The fourth-order valence-corrected chi connectivity index (χ4v) is 14.6. The van der Waals surface area contributed by atoms with Crippen molar-refractivity contribution in [3.8, 4) is 46.0 Å². The van der Waals surface area contributed by atoms with Gasteiger partial charge in [0.05, 0.1) is 117 Å². The van der Waals surface area contributed by atoms with Crippen LogP contribution in [0, 0.1) is 40.5 Å². The van der Waals surface area contributed by atoms with Crippen molar-refractivity contribution in [2.75, 3.05) is 52.9 Å². The molecule has 5 aliphatic heterocycles. The standard InChI is InChI=1S/C80H92N12O16/c1-9-17-37-101-65-45-29-25-33-49(89(93)94)53(45)69(105-41-21-13-5)61-57(65)73-81-77(61)86-74-59-63(71(107-43-23-15-7)55-47(67(59)103-39-19-11-3)31-27-35-51(55)91(97)98)79(83-74)88-76-60-64(72(108-44-24-16-8)56-48(68(60)104-40-20-12-4)32-28-36-52(56)92(99)100)80(84-76)87-75-58-62(78(82-75)85-73)70(106-42-22-14-6)54-46(66(58)102-38-18-10-2)30-26-34-50(54)90(95)96/h25-36,73-76H,9-24,37-44H2,1-8H3,(H,81,86)(H,82,85)(H,83,88)(H,84,87). The molecule has 28 nitrogen and oxygen atoms in total. The summed E-state index contributed by atoms with van der Waals surface area (Å²) in [4.78, 5) is 75.7. The lowest BCUT2D eigenvalue weighted by atomic mass is 9.93. The summed E-state index contributed by atoms with van der Waals surface area (Å²) in [5, 5.41) is 71.9. The van der Waals surface area contributed by atoms with Gasteiger partial charge in [0.15, 0.2) is 24.7 Å². The average molecular weight is 1480 g/mol. The third-order valence-electron chi connectivity index (χ3n) is 19.9. The third kappa shape index (κ3) is 13.9. The lowest BCUT2D eigenvalue weighted by Crippen LogP contribution is -2.29. The van der Waals surface area contributed by atoms with Crippen molar-refractivity contribution < 1.29 is 57.6 Å². The molecule has 568 valence electrons. The number of ether oxygens (including phenoxy) is 8. The number of non-ortho nitro benzene ring substituents is 4. The minimum Gasteiger partial charge on any atom is -0.492 e. The molecule has 4 N–H and O–H groups in total. The predicted octanol–water partition coefficient (Wildman–Crippen LogP) is 17.9. The van der Waals surface area contributed by atoms with E-state index in [4.69, 9.17) is 57.9 Å². The van der Waals surface area contributed by atoms with Crippen LogP contribution in [0.3, 0.4) is 0 Å². The van der Waals surface area contributed by atoms with Crippen LogP contribution >= 0.6 is 0 Å². The Hall–Kier alpha value is -11.3. The van der Waals surface area contributed by atoms with Crippen LogP contribution < -0.4 is 59.2 Å². The first-order valence-corrected chi connectivity index (χ1v) is 38.2. The SMILES string of the molecule is CCCCOc1c2c(c(OCCCC)c3c([N+](=O)[O-])cccc13)C1=NC2NC2=NC(NC3=NC(NC4=NC(N1)c1c4c(OCCCC)c4c([N+](=O)[O-])cccc4c1OCCCC)c1c3c(OCCCC)c3c([N+](=O)[O-])cccc3c1OCCCC)c1c2c(OCCCC)c2c([N+](=O)[O-])cccc2c1OCCCC. The van der Waals surface area contributed by atoms with E-state index in [9.17, 15) is 40.5 Å². The van der Waals surface area contributed by atoms with Gasteiger partial charge in [-0.05, 0) is 75.6 Å². The normalized spacial score (nSPS) is 16.4. The van der Waals surface area contributed by atoms with Gasteiger partial charge in [-0.3, -0.25) is 40.5 Å². The fraction of sp³-hybridized carbons (Fsp3) is 0.450. The summed E-state index contributed by atoms with van der Waals surface area (Å²) in [5.41, 5.74) is 1.56. The largest absolute Gasteiger partial charge is 0.492 e. The number of benzene rings is 8. The summed E-state index contributed by atoms with van der Waals surface area (Å²) >= 11 is 0. The first-order valence-electron chi connectivity index (χ1n) is 38.2. The molecule has 8 aromatic carbocycles. The van der Waals surface area contributed by atoms with Gasteiger partial charge in [0, 0.05) is 45.8 Å². The summed E-state index contributed by atoms with van der Waals surface area (Å²) in [5.74, 6) is 1.87. The molecule has 0 amide bonds. The smallest absolute Gasteiger partial charge is 0.281 e. The van der Waals surface area contributed by atoms with Crippen LogP contribution in [-0.4, -0.2) is 95.9 Å². The Morgan fingerprint density at radius 2 is 0.463 bits per heavy atom. The number of nitrogens with zero attached hydrogens (tertiary/aromatic N) is 8. The summed E-state index contributed by atoms with van der Waals surface area (Å²) in [7, 11) is 0. The second kappa shape index (κ2) is 33.2. The van der Waals surface area contributed by atoms with Crippen LogP contribution in [0.5, 0.6) is 46.0 Å². The number of nitro groups is 4. The van der Waals surface area contributed by atoms with Crippen molar-refractivity contribution in [1.82, 2.24) is 21.3 Å². The highest BCUT2D eigenvalue weighted by Gasteiger charge is 2.48. The van der Waals surface area contributed by atoms with Gasteiger partial charge in [0.2, 0.25) is 0 Å². The Bertz CT molecular complexity index is 4370. The molecule has 108 heavy (non-hydrogen) atoms. The van der Waals surface area contributed by atoms with E-state index in [-0.39, 0.29) is 189 Å². The van der Waals surface area contributed by atoms with E-state index in [0.717, 1.165) is 25.7 Å². The maximum Gasteiger partial charge on any atom is 0.281 e. The number of amidine groups is 4. The number of fused-ring (bicyclic) bond motifs is 20. The topological polar surface area (TPSA) is 344 Å². The second-order valence-corrected chi connectivity index (χ2v) is 27.3. The van der Waals surface area contributed by atoms with Gasteiger partial charge in [-0.25, -0.2) is 20.0 Å². The zero-order valence-corrected chi connectivity index (χ0v) is 62.3. The molecule has 0 aliphatic carbocycles. The number of rotatable bonds is 36. The molecule has 13 rings (SSSR count). The van der Waals surface area contributed by atoms with Gasteiger partial charge < -0.3 is 59.2 Å². The van der Waals surface area contributed by atoms with E-state index in [1.807, 2.05) is 55.4 Å². The van der Waals surface area contributed by atoms with E-state index in [1.54, 1.807) is 48.5 Å². The molecule has 5 aliphatic rings. The van der Waals surface area contributed by atoms with Crippen molar-refractivity contribution in [3.63, 3.8) is 0 Å². The van der Waals surface area contributed by atoms with E-state index < -0.39 is 44.4 Å². The van der Waals surface area contributed by atoms with Crippen LogP contribution in [0.15, 0.2) is 92.8 Å².